The number of rotatable bonds is 4. The highest BCUT2D eigenvalue weighted by molar-refractivity contribution is 5.97. The van der Waals surface area contributed by atoms with Crippen LogP contribution in [0.15, 0.2) is 18.2 Å². The molecule has 0 atom stereocenters. The maximum Gasteiger partial charge on any atom is 0.255 e. The molecule has 0 fully saturated rings. The number of aromatic hydroxyl groups is 1. The van der Waals surface area contributed by atoms with Crippen molar-refractivity contribution >= 4 is 11.8 Å². The maximum absolute atomic E-state index is 11.9. The molecular formula is C15H22N2O3. The summed E-state index contributed by atoms with van der Waals surface area (Å²) in [5, 5.41) is 15.2. The van der Waals surface area contributed by atoms with E-state index in [0.29, 0.717) is 5.56 Å². The Morgan fingerprint density at radius 1 is 1.25 bits per heavy atom. The number of aryl methyl sites for hydroxylation is 1. The second-order valence-electron chi connectivity index (χ2n) is 5.78. The number of phenols is 1. The van der Waals surface area contributed by atoms with Gasteiger partial charge >= 0.3 is 0 Å². The molecule has 5 heteroatoms. The van der Waals surface area contributed by atoms with E-state index in [2.05, 4.69) is 10.6 Å². The molecule has 2 amide bonds. The van der Waals surface area contributed by atoms with Gasteiger partial charge in [-0.1, -0.05) is 12.1 Å². The van der Waals surface area contributed by atoms with Crippen LogP contribution in [-0.4, -0.2) is 29.0 Å². The molecule has 0 heterocycles. The Balaban J connectivity index is 2.48. The summed E-state index contributed by atoms with van der Waals surface area (Å²) >= 11 is 0. The summed E-state index contributed by atoms with van der Waals surface area (Å²) in [4.78, 5) is 23.5. The third-order valence-electron chi connectivity index (χ3n) is 2.63. The predicted molar refractivity (Wildman–Crippen MR) is 77.7 cm³/mol. The smallest absolute Gasteiger partial charge is 0.255 e. The minimum Gasteiger partial charge on any atom is -0.507 e. The first-order valence-corrected chi connectivity index (χ1v) is 6.58. The molecule has 0 aromatic heterocycles. The molecular weight excluding hydrogens is 256 g/mol. The highest BCUT2D eigenvalue weighted by atomic mass is 16.3. The van der Waals surface area contributed by atoms with E-state index in [0.717, 1.165) is 0 Å². The highest BCUT2D eigenvalue weighted by Gasteiger charge is 2.15. The summed E-state index contributed by atoms with van der Waals surface area (Å²) in [6, 6.07) is 4.98. The lowest BCUT2D eigenvalue weighted by atomic mass is 10.1. The first kappa shape index (κ1) is 16.0. The average Bonchev–Trinajstić information content (AvgIpc) is 2.30. The molecule has 20 heavy (non-hydrogen) atoms. The molecule has 0 saturated carbocycles. The fourth-order valence-electron chi connectivity index (χ4n) is 1.71. The third kappa shape index (κ3) is 4.91. The van der Waals surface area contributed by atoms with Crippen LogP contribution in [0.5, 0.6) is 5.75 Å². The number of benzene rings is 1. The van der Waals surface area contributed by atoms with Crippen LogP contribution in [-0.2, 0) is 4.79 Å². The Bertz CT molecular complexity index is 504. The lowest BCUT2D eigenvalue weighted by Crippen LogP contribution is -2.42. The first-order chi connectivity index (χ1) is 9.20. The molecule has 0 aliphatic rings. The van der Waals surface area contributed by atoms with Gasteiger partial charge in [0.2, 0.25) is 5.91 Å². The largest absolute Gasteiger partial charge is 0.507 e. The van der Waals surface area contributed by atoms with Gasteiger partial charge in [-0.05, 0) is 39.3 Å². The van der Waals surface area contributed by atoms with Crippen LogP contribution in [0.1, 0.15) is 43.1 Å². The van der Waals surface area contributed by atoms with Crippen molar-refractivity contribution < 1.29 is 14.7 Å². The number of nitrogens with one attached hydrogen (secondary N) is 2. The second kappa shape index (κ2) is 6.41. The van der Waals surface area contributed by atoms with Crippen LogP contribution in [0, 0.1) is 6.92 Å². The van der Waals surface area contributed by atoms with Crippen molar-refractivity contribution in [3.8, 4) is 5.75 Å². The van der Waals surface area contributed by atoms with Gasteiger partial charge in [0, 0.05) is 18.5 Å². The van der Waals surface area contributed by atoms with Gasteiger partial charge in [0.15, 0.2) is 0 Å². The van der Waals surface area contributed by atoms with E-state index in [1.54, 1.807) is 25.1 Å². The molecule has 1 rings (SSSR count). The minimum absolute atomic E-state index is 0.0239. The zero-order valence-electron chi connectivity index (χ0n) is 12.4. The number of amides is 2. The van der Waals surface area contributed by atoms with E-state index in [-0.39, 0.29) is 41.6 Å². The third-order valence-corrected chi connectivity index (χ3v) is 2.63. The Labute approximate surface area is 119 Å². The normalized spacial score (nSPS) is 11.0. The minimum atomic E-state index is -0.380. The Morgan fingerprint density at radius 3 is 2.50 bits per heavy atom. The molecule has 3 N–H and O–H groups in total. The lowest BCUT2D eigenvalue weighted by molar-refractivity contribution is -0.122. The molecule has 0 saturated heterocycles. The summed E-state index contributed by atoms with van der Waals surface area (Å²) in [6.07, 6.45) is 0.204. The number of hydrogen-bond donors (Lipinski definition) is 3. The fraction of sp³-hybridized carbons (Fsp3) is 0.467. The fourth-order valence-corrected chi connectivity index (χ4v) is 1.71. The van der Waals surface area contributed by atoms with Crippen molar-refractivity contribution in [1.82, 2.24) is 10.6 Å². The van der Waals surface area contributed by atoms with Crippen molar-refractivity contribution in [2.45, 2.75) is 39.7 Å². The molecule has 0 spiro atoms. The van der Waals surface area contributed by atoms with E-state index < -0.39 is 0 Å². The van der Waals surface area contributed by atoms with Gasteiger partial charge in [0.25, 0.3) is 5.91 Å². The van der Waals surface area contributed by atoms with Crippen LogP contribution in [0.2, 0.25) is 0 Å². The van der Waals surface area contributed by atoms with Crippen LogP contribution >= 0.6 is 0 Å². The molecule has 110 valence electrons. The number of carbonyl (C=O) groups is 2. The quantitative estimate of drug-likeness (QED) is 0.785. The number of hydrogen-bond acceptors (Lipinski definition) is 3. The van der Waals surface area contributed by atoms with Crippen molar-refractivity contribution in [2.75, 3.05) is 6.54 Å². The second-order valence-corrected chi connectivity index (χ2v) is 5.78. The molecule has 0 unspecified atom stereocenters. The zero-order valence-corrected chi connectivity index (χ0v) is 12.4. The van der Waals surface area contributed by atoms with Crippen LogP contribution in [0.3, 0.4) is 0 Å². The van der Waals surface area contributed by atoms with Crippen molar-refractivity contribution in [3.63, 3.8) is 0 Å². The summed E-state index contributed by atoms with van der Waals surface area (Å²) in [6.45, 7) is 7.65. The van der Waals surface area contributed by atoms with Crippen molar-refractivity contribution in [2.24, 2.45) is 0 Å². The van der Waals surface area contributed by atoms with Gasteiger partial charge in [0.05, 0.1) is 5.56 Å². The van der Waals surface area contributed by atoms with Crippen LogP contribution in [0.4, 0.5) is 0 Å². The van der Waals surface area contributed by atoms with Crippen LogP contribution < -0.4 is 10.6 Å². The summed E-state index contributed by atoms with van der Waals surface area (Å²) < 4.78 is 0. The molecule has 1 aromatic rings. The van der Waals surface area contributed by atoms with Gasteiger partial charge in [-0.15, -0.1) is 0 Å². The number of phenolic OH excluding ortho intramolecular Hbond substituents is 1. The Hall–Kier alpha value is -2.04. The van der Waals surface area contributed by atoms with E-state index in [4.69, 9.17) is 0 Å². The number of para-hydroxylation sites is 1. The zero-order chi connectivity index (χ0) is 15.3. The topological polar surface area (TPSA) is 78.4 Å². The lowest BCUT2D eigenvalue weighted by Gasteiger charge is -2.20. The molecule has 0 bridgehead atoms. The van der Waals surface area contributed by atoms with Gasteiger partial charge in [-0.3, -0.25) is 9.59 Å². The molecule has 0 radical (unpaired) electrons. The predicted octanol–water partition coefficient (Wildman–Crippen LogP) is 1.74. The summed E-state index contributed by atoms with van der Waals surface area (Å²) in [7, 11) is 0. The highest BCUT2D eigenvalue weighted by Crippen LogP contribution is 2.20. The summed E-state index contributed by atoms with van der Waals surface area (Å²) in [5.41, 5.74) is 0.583. The van der Waals surface area contributed by atoms with Gasteiger partial charge < -0.3 is 15.7 Å². The maximum atomic E-state index is 11.9. The van der Waals surface area contributed by atoms with E-state index in [9.17, 15) is 14.7 Å². The molecule has 5 nitrogen and oxygen atoms in total. The van der Waals surface area contributed by atoms with Gasteiger partial charge in [-0.2, -0.15) is 0 Å². The molecule has 0 aliphatic carbocycles. The Morgan fingerprint density at radius 2 is 1.90 bits per heavy atom. The average molecular weight is 278 g/mol. The Kier molecular flexibility index (Phi) is 5.13. The van der Waals surface area contributed by atoms with Crippen LogP contribution in [0.25, 0.3) is 0 Å². The van der Waals surface area contributed by atoms with Gasteiger partial charge in [-0.25, -0.2) is 0 Å². The van der Waals surface area contributed by atoms with E-state index >= 15 is 0 Å². The van der Waals surface area contributed by atoms with E-state index in [1.807, 2.05) is 20.8 Å². The standard InChI is InChI=1S/C15H22N2O3/c1-10-6-5-7-11(13(10)19)14(20)16-9-8-12(18)17-15(2,3)4/h5-7,19H,8-9H2,1-4H3,(H,16,20)(H,17,18). The van der Waals surface area contributed by atoms with E-state index in [1.165, 1.54) is 0 Å². The SMILES string of the molecule is Cc1cccc(C(=O)NCCC(=O)NC(C)(C)C)c1O. The monoisotopic (exact) mass is 278 g/mol. The first-order valence-electron chi connectivity index (χ1n) is 6.58. The van der Waals surface area contributed by atoms with Gasteiger partial charge in [0.1, 0.15) is 5.75 Å². The van der Waals surface area contributed by atoms with Crippen molar-refractivity contribution in [1.29, 1.82) is 0 Å². The molecule has 0 aliphatic heterocycles. The molecule has 1 aromatic carbocycles. The summed E-state index contributed by atoms with van der Waals surface area (Å²) in [5.74, 6) is -0.523. The number of carbonyl (C=O) groups excluding carboxylic acids is 2. The van der Waals surface area contributed by atoms with Crippen molar-refractivity contribution in [3.05, 3.63) is 29.3 Å².